The maximum atomic E-state index is 13.0. The van der Waals surface area contributed by atoms with Crippen molar-refractivity contribution < 1.29 is 23.8 Å². The number of ether oxygens (including phenoxy) is 3. The number of carbonyl (C=O) groups is 2. The molecule has 0 aliphatic heterocycles. The van der Waals surface area contributed by atoms with Crippen molar-refractivity contribution in [2.24, 2.45) is 46.3 Å². The maximum absolute atomic E-state index is 13.0. The molecule has 5 nitrogen and oxygen atoms in total. The molecule has 0 spiro atoms. The lowest BCUT2D eigenvalue weighted by atomic mass is 9.47. The Balaban J connectivity index is 0.849. The normalized spacial score (nSPS) is 27.3. The fourth-order valence-corrected chi connectivity index (χ4v) is 12.6. The minimum Gasteiger partial charge on any atom is -0.494 e. The summed E-state index contributed by atoms with van der Waals surface area (Å²) in [6.45, 7) is 16.1. The first-order chi connectivity index (χ1) is 30.0. The van der Waals surface area contributed by atoms with Crippen LogP contribution in [0.3, 0.4) is 0 Å². The molecule has 4 aliphatic carbocycles. The van der Waals surface area contributed by atoms with Crippen LogP contribution in [0.4, 0.5) is 0 Å². The number of allylic oxidation sites excluding steroid dienone is 2. The van der Waals surface area contributed by atoms with Crippen LogP contribution in [0.2, 0.25) is 0 Å². The van der Waals surface area contributed by atoms with Gasteiger partial charge in [0.1, 0.15) is 17.6 Å². The van der Waals surface area contributed by atoms with E-state index in [4.69, 9.17) is 14.2 Å². The quantitative estimate of drug-likeness (QED) is 0.0327. The Morgan fingerprint density at radius 3 is 2.08 bits per heavy atom. The lowest BCUT2D eigenvalue weighted by Gasteiger charge is -2.58. The van der Waals surface area contributed by atoms with Crippen molar-refractivity contribution in [1.29, 1.82) is 0 Å². The van der Waals surface area contributed by atoms with Crippen LogP contribution in [0.1, 0.15) is 199 Å². The molecular weight excluding hydrogens is 765 g/mol. The van der Waals surface area contributed by atoms with Crippen LogP contribution in [0.5, 0.6) is 11.5 Å². The van der Waals surface area contributed by atoms with Gasteiger partial charge < -0.3 is 14.2 Å². The van der Waals surface area contributed by atoms with Gasteiger partial charge in [-0.2, -0.15) is 0 Å². The van der Waals surface area contributed by atoms with Crippen LogP contribution in [-0.2, 0) is 9.53 Å². The Kier molecular flexibility index (Phi) is 18.3. The fourth-order valence-electron chi connectivity index (χ4n) is 12.6. The van der Waals surface area contributed by atoms with E-state index in [2.05, 4.69) is 47.6 Å². The third-order valence-electron chi connectivity index (χ3n) is 16.3. The minimum absolute atomic E-state index is 0.0106. The Bertz CT molecular complexity index is 1740. The van der Waals surface area contributed by atoms with Crippen LogP contribution in [-0.4, -0.2) is 31.1 Å². The summed E-state index contributed by atoms with van der Waals surface area (Å²) >= 11 is 0. The molecule has 2 aromatic rings. The van der Waals surface area contributed by atoms with E-state index in [1.807, 2.05) is 54.6 Å². The summed E-state index contributed by atoms with van der Waals surface area (Å²) in [6, 6.07) is 15.2. The number of fused-ring (bicyclic) bond motifs is 5. The maximum Gasteiger partial charge on any atom is 0.306 e. The largest absolute Gasteiger partial charge is 0.494 e. The highest BCUT2D eigenvalue weighted by Crippen LogP contribution is 2.67. The Morgan fingerprint density at radius 2 is 1.39 bits per heavy atom. The third kappa shape index (κ3) is 12.9. The molecule has 2 aromatic carbocycles. The van der Waals surface area contributed by atoms with Gasteiger partial charge in [0.25, 0.3) is 0 Å². The molecule has 3 saturated carbocycles. The Hall–Kier alpha value is -3.34. The molecule has 0 unspecified atom stereocenters. The molecule has 0 amide bonds. The van der Waals surface area contributed by atoms with Crippen LogP contribution < -0.4 is 9.47 Å². The van der Waals surface area contributed by atoms with Crippen molar-refractivity contribution >= 4 is 17.8 Å². The van der Waals surface area contributed by atoms with E-state index in [-0.39, 0.29) is 23.3 Å². The molecule has 0 radical (unpaired) electrons. The summed E-state index contributed by atoms with van der Waals surface area (Å²) in [6.07, 6.45) is 32.4. The van der Waals surface area contributed by atoms with Gasteiger partial charge in [0.15, 0.2) is 5.78 Å². The van der Waals surface area contributed by atoms with Gasteiger partial charge in [-0.1, -0.05) is 136 Å². The van der Waals surface area contributed by atoms with Crippen molar-refractivity contribution in [2.75, 3.05) is 13.2 Å². The lowest BCUT2D eigenvalue weighted by Crippen LogP contribution is -2.51. The molecule has 0 N–H and O–H groups in total. The van der Waals surface area contributed by atoms with Crippen LogP contribution >= 0.6 is 0 Å². The molecule has 0 aromatic heterocycles. The predicted octanol–water partition coefficient (Wildman–Crippen LogP) is 15.6. The van der Waals surface area contributed by atoms with E-state index in [9.17, 15) is 9.59 Å². The number of esters is 1. The van der Waals surface area contributed by atoms with Gasteiger partial charge in [0.2, 0.25) is 0 Å². The number of ketones is 1. The average molecular weight is 849 g/mol. The molecule has 62 heavy (non-hydrogen) atoms. The first-order valence-corrected chi connectivity index (χ1v) is 25.6. The number of hydrogen-bond donors (Lipinski definition) is 0. The van der Waals surface area contributed by atoms with Crippen molar-refractivity contribution in [3.05, 3.63) is 77.4 Å². The topological polar surface area (TPSA) is 61.8 Å². The molecular formula is C57H84O5. The minimum atomic E-state index is -0.0740. The first kappa shape index (κ1) is 48.1. The number of benzene rings is 2. The molecule has 4 aliphatic rings. The average Bonchev–Trinajstić information content (AvgIpc) is 3.63. The number of carbonyl (C=O) groups excluding carboxylic acids is 2. The molecule has 0 saturated heterocycles. The lowest BCUT2D eigenvalue weighted by molar-refractivity contribution is -0.151. The van der Waals surface area contributed by atoms with Gasteiger partial charge in [-0.05, 0) is 159 Å². The summed E-state index contributed by atoms with van der Waals surface area (Å²) in [4.78, 5) is 25.8. The van der Waals surface area contributed by atoms with E-state index in [1.165, 1.54) is 96.3 Å². The third-order valence-corrected chi connectivity index (χ3v) is 16.3. The summed E-state index contributed by atoms with van der Waals surface area (Å²) in [5, 5.41) is 0. The highest BCUT2D eigenvalue weighted by molar-refractivity contribution is 6.06. The van der Waals surface area contributed by atoms with Crippen molar-refractivity contribution in [3.63, 3.8) is 0 Å². The number of unbranched alkanes of at least 4 members (excludes halogenated alkanes) is 8. The van der Waals surface area contributed by atoms with E-state index in [1.54, 1.807) is 11.6 Å². The molecule has 8 atom stereocenters. The standard InChI is InChI=1S/C57H84O5/c1-7-8-9-10-11-12-13-15-39-60-47-27-21-44(22-28-47)23-34-54(58)45-24-29-48(30-25-45)61-40-16-14-20-55(59)62-49-35-37-56(5)46(41-49)26-31-50-52-33-32-51(43(4)19-17-18-42(2)3)57(52,6)38-36-53(50)56/h21-30,34,42-43,49-53H,7-20,31-33,35-41H2,1-6H3/b34-23+/t43-,49+,50+,51-,52+,53+,56+,57-/m1/s1. The van der Waals surface area contributed by atoms with Crippen molar-refractivity contribution in [2.45, 2.75) is 189 Å². The Morgan fingerprint density at radius 1 is 0.726 bits per heavy atom. The Labute approximate surface area is 377 Å². The van der Waals surface area contributed by atoms with Crippen molar-refractivity contribution in [3.8, 4) is 11.5 Å². The summed E-state index contributed by atoms with van der Waals surface area (Å²) < 4.78 is 18.0. The molecule has 342 valence electrons. The van der Waals surface area contributed by atoms with Gasteiger partial charge in [-0.15, -0.1) is 0 Å². The first-order valence-electron chi connectivity index (χ1n) is 25.6. The monoisotopic (exact) mass is 849 g/mol. The van der Waals surface area contributed by atoms with E-state index in [0.717, 1.165) is 97.7 Å². The van der Waals surface area contributed by atoms with E-state index < -0.39 is 0 Å². The molecule has 0 bridgehead atoms. The predicted molar refractivity (Wildman–Crippen MR) is 257 cm³/mol. The second-order valence-corrected chi connectivity index (χ2v) is 21.1. The number of hydrogen-bond acceptors (Lipinski definition) is 5. The van der Waals surface area contributed by atoms with Gasteiger partial charge in [-0.3, -0.25) is 9.59 Å². The zero-order valence-corrected chi connectivity index (χ0v) is 39.9. The van der Waals surface area contributed by atoms with E-state index >= 15 is 0 Å². The molecule has 3 fully saturated rings. The highest BCUT2D eigenvalue weighted by atomic mass is 16.5. The van der Waals surface area contributed by atoms with Gasteiger partial charge in [0, 0.05) is 18.4 Å². The fraction of sp³-hybridized carbons (Fsp3) is 0.684. The summed E-state index contributed by atoms with van der Waals surface area (Å²) in [7, 11) is 0. The summed E-state index contributed by atoms with van der Waals surface area (Å²) in [5.41, 5.74) is 3.94. The second kappa shape index (κ2) is 23.5. The zero-order valence-electron chi connectivity index (χ0n) is 39.9. The van der Waals surface area contributed by atoms with Crippen LogP contribution in [0.15, 0.2) is 66.3 Å². The molecule has 5 heteroatoms. The smallest absolute Gasteiger partial charge is 0.306 e. The van der Waals surface area contributed by atoms with Crippen LogP contribution in [0.25, 0.3) is 6.08 Å². The van der Waals surface area contributed by atoms with Crippen molar-refractivity contribution in [1.82, 2.24) is 0 Å². The van der Waals surface area contributed by atoms with E-state index in [0.29, 0.717) is 24.0 Å². The molecule has 0 heterocycles. The van der Waals surface area contributed by atoms with Gasteiger partial charge in [0.05, 0.1) is 13.2 Å². The zero-order chi connectivity index (χ0) is 44.0. The van der Waals surface area contributed by atoms with Gasteiger partial charge >= 0.3 is 5.97 Å². The molecule has 6 rings (SSSR count). The highest BCUT2D eigenvalue weighted by Gasteiger charge is 2.59. The van der Waals surface area contributed by atoms with Crippen LogP contribution in [0, 0.1) is 46.3 Å². The second-order valence-electron chi connectivity index (χ2n) is 21.1. The SMILES string of the molecule is CCCCCCCCCCOc1ccc(/C=C/C(=O)c2ccc(OCCCCC(=O)O[C@H]3CC[C@@]4(C)C(=CC[C@H]5[C@@H]6CC[C@H]([C@H](C)CCCC(C)C)[C@@]6(C)CC[C@@H]54)C3)cc2)cc1. The summed E-state index contributed by atoms with van der Waals surface area (Å²) in [5.74, 6) is 6.50. The van der Waals surface area contributed by atoms with Gasteiger partial charge in [-0.25, -0.2) is 0 Å². The number of rotatable bonds is 25.